The molecule has 0 aliphatic rings. The number of thiol groups is 1. The van der Waals surface area contributed by atoms with Crippen LogP contribution in [0.3, 0.4) is 0 Å². The Morgan fingerprint density at radius 2 is 1.00 bits per heavy atom. The minimum atomic E-state index is 1.25. The summed E-state index contributed by atoms with van der Waals surface area (Å²) in [5.74, 6) is 0. The van der Waals surface area contributed by atoms with Crippen molar-refractivity contribution in [2.45, 2.75) is 34.1 Å². The summed E-state index contributed by atoms with van der Waals surface area (Å²) in [4.78, 5) is 0. The maximum absolute atomic E-state index is 3.53. The molecule has 0 aromatic rings. The van der Waals surface area contributed by atoms with E-state index >= 15 is 0 Å². The van der Waals surface area contributed by atoms with Crippen LogP contribution in [-0.4, -0.2) is 6.26 Å². The predicted molar refractivity (Wildman–Crippen MR) is 42.2 cm³/mol. The van der Waals surface area contributed by atoms with Gasteiger partial charge in [-0.2, -0.15) is 12.6 Å². The first-order valence-corrected chi connectivity index (χ1v) is 3.76. The molecule has 0 aliphatic heterocycles. The Labute approximate surface area is 53.7 Å². The molecule has 0 radical (unpaired) electrons. The molecule has 0 saturated heterocycles. The molecular formula is C6H18S. The third-order valence-electron chi connectivity index (χ3n) is 0. The molecule has 0 heterocycles. The quantitative estimate of drug-likeness (QED) is 0.469. The van der Waals surface area contributed by atoms with Gasteiger partial charge in [-0.1, -0.05) is 34.1 Å². The van der Waals surface area contributed by atoms with Gasteiger partial charge in [0.2, 0.25) is 0 Å². The minimum absolute atomic E-state index is 1.25. The minimum Gasteiger partial charge on any atom is -0.183 e. The van der Waals surface area contributed by atoms with Gasteiger partial charge in [-0.05, 0) is 6.26 Å². The van der Waals surface area contributed by atoms with Crippen LogP contribution < -0.4 is 0 Å². The fourth-order valence-electron chi connectivity index (χ4n) is 0. The van der Waals surface area contributed by atoms with E-state index in [-0.39, 0.29) is 0 Å². The van der Waals surface area contributed by atoms with Gasteiger partial charge in [-0.15, -0.1) is 0 Å². The molecule has 0 spiro atoms. The van der Waals surface area contributed by atoms with Gasteiger partial charge < -0.3 is 0 Å². The SMILES string of the molecule is CC.CCC.CS. The number of hydrogen-bond donors (Lipinski definition) is 1. The molecule has 7 heavy (non-hydrogen) atoms. The van der Waals surface area contributed by atoms with Crippen LogP contribution in [0.1, 0.15) is 34.1 Å². The van der Waals surface area contributed by atoms with Gasteiger partial charge in [-0.25, -0.2) is 0 Å². The standard InChI is InChI=1S/C3H8.C2H6.CH4S/c1-3-2;2*1-2/h3H2,1-2H3;1-2H3;2H,1H3. The zero-order valence-corrected chi connectivity index (χ0v) is 7.05. The van der Waals surface area contributed by atoms with Crippen molar-refractivity contribution in [1.82, 2.24) is 0 Å². The zero-order chi connectivity index (χ0) is 6.71. The highest BCUT2D eigenvalue weighted by atomic mass is 32.1. The van der Waals surface area contributed by atoms with Gasteiger partial charge in [0.15, 0.2) is 0 Å². The van der Waals surface area contributed by atoms with Gasteiger partial charge in [-0.3, -0.25) is 0 Å². The maximum atomic E-state index is 3.53. The lowest BCUT2D eigenvalue weighted by Gasteiger charge is -1.48. The molecule has 0 aromatic heterocycles. The van der Waals surface area contributed by atoms with E-state index in [1.165, 1.54) is 6.42 Å². The molecule has 1 heteroatoms. The van der Waals surface area contributed by atoms with Crippen LogP contribution in [0.5, 0.6) is 0 Å². The van der Waals surface area contributed by atoms with Crippen LogP contribution in [0.25, 0.3) is 0 Å². The van der Waals surface area contributed by atoms with E-state index < -0.39 is 0 Å². The maximum Gasteiger partial charge on any atom is -0.0215 e. The predicted octanol–water partition coefficient (Wildman–Crippen LogP) is 2.99. The van der Waals surface area contributed by atoms with Crippen molar-refractivity contribution in [2.75, 3.05) is 6.26 Å². The van der Waals surface area contributed by atoms with E-state index in [0.717, 1.165) is 0 Å². The normalized spacial score (nSPS) is 4.29. The van der Waals surface area contributed by atoms with Gasteiger partial charge in [0, 0.05) is 0 Å². The summed E-state index contributed by atoms with van der Waals surface area (Å²) in [6, 6.07) is 0. The van der Waals surface area contributed by atoms with Crippen LogP contribution >= 0.6 is 12.6 Å². The molecule has 0 saturated carbocycles. The molecule has 0 bridgehead atoms. The Morgan fingerprint density at radius 1 is 1.00 bits per heavy atom. The second-order valence-electron chi connectivity index (χ2n) is 0.707. The van der Waals surface area contributed by atoms with Crippen molar-refractivity contribution in [2.24, 2.45) is 0 Å². The van der Waals surface area contributed by atoms with Gasteiger partial charge in [0.1, 0.15) is 0 Å². The van der Waals surface area contributed by atoms with Crippen LogP contribution in [0, 0.1) is 0 Å². The summed E-state index contributed by atoms with van der Waals surface area (Å²) in [5.41, 5.74) is 0. The molecule has 0 atom stereocenters. The van der Waals surface area contributed by atoms with Gasteiger partial charge in [0.25, 0.3) is 0 Å². The summed E-state index contributed by atoms with van der Waals surface area (Å²) >= 11 is 3.53. The number of hydrogen-bond acceptors (Lipinski definition) is 1. The molecule has 0 rings (SSSR count). The second-order valence-corrected chi connectivity index (χ2v) is 0.707. The van der Waals surface area contributed by atoms with Crippen LogP contribution in [-0.2, 0) is 0 Å². The molecule has 0 aromatic carbocycles. The molecular weight excluding hydrogens is 104 g/mol. The van der Waals surface area contributed by atoms with E-state index in [9.17, 15) is 0 Å². The van der Waals surface area contributed by atoms with E-state index in [0.29, 0.717) is 0 Å². The van der Waals surface area contributed by atoms with E-state index in [4.69, 9.17) is 0 Å². The smallest absolute Gasteiger partial charge is 0.0215 e. The van der Waals surface area contributed by atoms with Crippen molar-refractivity contribution in [1.29, 1.82) is 0 Å². The molecule has 0 N–H and O–H groups in total. The van der Waals surface area contributed by atoms with Crippen molar-refractivity contribution >= 4 is 12.6 Å². The third kappa shape index (κ3) is 981. The molecule has 0 fully saturated rings. The Kier molecular flexibility index (Phi) is 223. The zero-order valence-electron chi connectivity index (χ0n) is 6.15. The Balaban J connectivity index is -0.0000000360. The lowest BCUT2D eigenvalue weighted by atomic mass is 10.6. The van der Waals surface area contributed by atoms with Gasteiger partial charge >= 0.3 is 0 Å². The lowest BCUT2D eigenvalue weighted by Crippen LogP contribution is -1.27. The average Bonchev–Trinajstić information content (AvgIpc) is 1.78. The molecule has 48 valence electrons. The van der Waals surface area contributed by atoms with Crippen molar-refractivity contribution < 1.29 is 0 Å². The average molecular weight is 122 g/mol. The summed E-state index contributed by atoms with van der Waals surface area (Å²) < 4.78 is 0. The summed E-state index contributed by atoms with van der Waals surface area (Å²) in [5, 5.41) is 0. The Morgan fingerprint density at radius 3 is 1.00 bits per heavy atom. The van der Waals surface area contributed by atoms with Crippen molar-refractivity contribution in [3.8, 4) is 0 Å². The summed E-state index contributed by atoms with van der Waals surface area (Å²) in [6.07, 6.45) is 2.94. The Bertz CT molecular complexity index is 4.14. The highest BCUT2D eigenvalue weighted by Crippen LogP contribution is 1.56. The highest BCUT2D eigenvalue weighted by Gasteiger charge is 1.35. The summed E-state index contributed by atoms with van der Waals surface area (Å²) in [7, 11) is 0. The summed E-state index contributed by atoms with van der Waals surface area (Å²) in [6.45, 7) is 8.25. The fraction of sp³-hybridized carbons (Fsp3) is 1.00. The highest BCUT2D eigenvalue weighted by molar-refractivity contribution is 7.79. The van der Waals surface area contributed by atoms with Crippen LogP contribution in [0.2, 0.25) is 0 Å². The first kappa shape index (κ1) is 15.7. The third-order valence-corrected chi connectivity index (χ3v) is 0. The molecule has 0 amide bonds. The first-order chi connectivity index (χ1) is 3.41. The van der Waals surface area contributed by atoms with Crippen LogP contribution in [0.15, 0.2) is 0 Å². The largest absolute Gasteiger partial charge is 0.183 e. The first-order valence-electron chi connectivity index (χ1n) is 2.86. The topological polar surface area (TPSA) is 0 Å². The fourth-order valence-corrected chi connectivity index (χ4v) is 0. The Hall–Kier alpha value is 0.350. The van der Waals surface area contributed by atoms with Gasteiger partial charge in [0.05, 0.1) is 0 Å². The number of rotatable bonds is 0. The lowest BCUT2D eigenvalue weighted by molar-refractivity contribution is 1.09. The van der Waals surface area contributed by atoms with Crippen molar-refractivity contribution in [3.63, 3.8) is 0 Å². The van der Waals surface area contributed by atoms with E-state index in [2.05, 4.69) is 26.5 Å². The van der Waals surface area contributed by atoms with Crippen LogP contribution in [0.4, 0.5) is 0 Å². The van der Waals surface area contributed by atoms with Crippen molar-refractivity contribution in [3.05, 3.63) is 0 Å². The molecule has 0 unspecified atom stereocenters. The van der Waals surface area contributed by atoms with E-state index in [1.54, 1.807) is 6.26 Å². The molecule has 0 nitrogen and oxygen atoms in total. The second kappa shape index (κ2) is 99.7. The molecule has 0 aliphatic carbocycles. The van der Waals surface area contributed by atoms with E-state index in [1.807, 2.05) is 13.8 Å². The monoisotopic (exact) mass is 122 g/mol.